The fourth-order valence-corrected chi connectivity index (χ4v) is 1.07. The van der Waals surface area contributed by atoms with Crippen molar-refractivity contribution in [1.82, 2.24) is 5.32 Å². The van der Waals surface area contributed by atoms with Crippen LogP contribution in [0.2, 0.25) is 0 Å². The summed E-state index contributed by atoms with van der Waals surface area (Å²) in [5.74, 6) is 0. The number of hydrogen-bond acceptors (Lipinski definition) is 1. The quantitative estimate of drug-likeness (QED) is 0.542. The van der Waals surface area contributed by atoms with E-state index in [-0.39, 0.29) is 12.2 Å². The Balaban J connectivity index is 2.40. The number of alkyl halides is 1. The van der Waals surface area contributed by atoms with Crippen LogP contribution in [0, 0.1) is 0 Å². The van der Waals surface area contributed by atoms with Gasteiger partial charge in [-0.15, -0.1) is 0 Å². The first-order chi connectivity index (χ1) is 3.77. The van der Waals surface area contributed by atoms with Gasteiger partial charge < -0.3 is 5.32 Å². The summed E-state index contributed by atoms with van der Waals surface area (Å²) in [6.45, 7) is 2.69. The Kier molecular flexibility index (Phi) is 1.52. The maximum atomic E-state index is 12.0. The lowest BCUT2D eigenvalue weighted by atomic mass is 10.0. The smallest absolute Gasteiger partial charge is 0.107 e. The van der Waals surface area contributed by atoms with Crippen molar-refractivity contribution in [3.05, 3.63) is 0 Å². The molecular weight excluding hydrogens is 105 g/mol. The third kappa shape index (κ3) is 0.996. The van der Waals surface area contributed by atoms with E-state index in [1.807, 2.05) is 6.92 Å². The van der Waals surface area contributed by atoms with Crippen LogP contribution in [0.25, 0.3) is 0 Å². The van der Waals surface area contributed by atoms with Gasteiger partial charge in [-0.2, -0.15) is 0 Å². The van der Waals surface area contributed by atoms with Gasteiger partial charge in [-0.1, -0.05) is 0 Å². The normalized spacial score (nSPS) is 38.2. The summed E-state index contributed by atoms with van der Waals surface area (Å²) in [5.41, 5.74) is -0.181. The molecule has 1 nitrogen and oxygen atoms in total. The van der Waals surface area contributed by atoms with Gasteiger partial charge in [0.15, 0.2) is 0 Å². The number of halogens is 1. The van der Waals surface area contributed by atoms with Gasteiger partial charge in [0.1, 0.15) is 6.67 Å². The lowest BCUT2D eigenvalue weighted by Gasteiger charge is -2.18. The van der Waals surface area contributed by atoms with Crippen molar-refractivity contribution in [2.45, 2.75) is 25.3 Å². The van der Waals surface area contributed by atoms with E-state index < -0.39 is 0 Å². The molecule has 48 valence electrons. The highest BCUT2D eigenvalue weighted by Crippen LogP contribution is 2.17. The van der Waals surface area contributed by atoms with E-state index in [1.165, 1.54) is 0 Å². The molecule has 0 aliphatic carbocycles. The first kappa shape index (κ1) is 6.02. The van der Waals surface area contributed by atoms with Crippen molar-refractivity contribution in [2.24, 2.45) is 0 Å². The molecule has 1 atom stereocenters. The molecule has 1 N–H and O–H groups in total. The predicted octanol–water partition coefficient (Wildman–Crippen LogP) is 1.10. The molecule has 1 saturated heterocycles. The molecule has 1 heterocycles. The topological polar surface area (TPSA) is 12.0 Å². The third-order valence-corrected chi connectivity index (χ3v) is 1.75. The van der Waals surface area contributed by atoms with Crippen LogP contribution in [0.5, 0.6) is 0 Å². The summed E-state index contributed by atoms with van der Waals surface area (Å²) in [6, 6.07) is 0. The molecule has 0 bridgehead atoms. The van der Waals surface area contributed by atoms with Crippen LogP contribution in [-0.2, 0) is 0 Å². The fourth-order valence-electron chi connectivity index (χ4n) is 1.07. The van der Waals surface area contributed by atoms with E-state index in [0.29, 0.717) is 0 Å². The number of nitrogens with one attached hydrogen (secondary N) is 1. The van der Waals surface area contributed by atoms with E-state index in [1.54, 1.807) is 0 Å². The lowest BCUT2D eigenvalue weighted by molar-refractivity contribution is 0.299. The van der Waals surface area contributed by atoms with Crippen molar-refractivity contribution < 1.29 is 4.39 Å². The summed E-state index contributed by atoms with van der Waals surface area (Å²) in [4.78, 5) is 0. The highest BCUT2D eigenvalue weighted by molar-refractivity contribution is 4.87. The SMILES string of the molecule is CC1(CF)CCCN1. The second-order valence-corrected chi connectivity index (χ2v) is 2.72. The minimum absolute atomic E-state index is 0.181. The van der Waals surface area contributed by atoms with Gasteiger partial charge in [0, 0.05) is 5.54 Å². The van der Waals surface area contributed by atoms with Crippen molar-refractivity contribution in [1.29, 1.82) is 0 Å². The largest absolute Gasteiger partial charge is 0.309 e. The molecule has 0 radical (unpaired) electrons. The van der Waals surface area contributed by atoms with Crippen LogP contribution >= 0.6 is 0 Å². The lowest BCUT2D eigenvalue weighted by Crippen LogP contribution is -2.38. The zero-order valence-electron chi connectivity index (χ0n) is 5.21. The van der Waals surface area contributed by atoms with Crippen molar-refractivity contribution in [2.75, 3.05) is 13.2 Å². The first-order valence-electron chi connectivity index (χ1n) is 3.08. The van der Waals surface area contributed by atoms with E-state index >= 15 is 0 Å². The maximum absolute atomic E-state index is 12.0. The summed E-state index contributed by atoms with van der Waals surface area (Å²) >= 11 is 0. The van der Waals surface area contributed by atoms with E-state index in [4.69, 9.17) is 0 Å². The molecule has 2 heteroatoms. The van der Waals surface area contributed by atoms with E-state index in [9.17, 15) is 4.39 Å². The van der Waals surface area contributed by atoms with Gasteiger partial charge in [-0.25, -0.2) is 4.39 Å². The molecule has 1 rings (SSSR count). The average molecular weight is 117 g/mol. The van der Waals surface area contributed by atoms with Gasteiger partial charge in [0.05, 0.1) is 0 Å². The Bertz CT molecular complexity index is 76.6. The molecule has 0 amide bonds. The third-order valence-electron chi connectivity index (χ3n) is 1.75. The molecule has 1 fully saturated rings. The standard InChI is InChI=1S/C6H12FN/c1-6(5-7)3-2-4-8-6/h8H,2-5H2,1H3. The Morgan fingerprint density at radius 1 is 1.75 bits per heavy atom. The Labute approximate surface area is 49.3 Å². The van der Waals surface area contributed by atoms with Gasteiger partial charge >= 0.3 is 0 Å². The monoisotopic (exact) mass is 117 g/mol. The summed E-state index contributed by atoms with van der Waals surface area (Å²) in [5, 5.41) is 3.11. The minimum atomic E-state index is -0.229. The number of rotatable bonds is 1. The molecule has 1 unspecified atom stereocenters. The van der Waals surface area contributed by atoms with Crippen molar-refractivity contribution in [3.8, 4) is 0 Å². The highest BCUT2D eigenvalue weighted by Gasteiger charge is 2.27. The predicted molar refractivity (Wildman–Crippen MR) is 31.6 cm³/mol. The number of hydrogen-bond donors (Lipinski definition) is 1. The van der Waals surface area contributed by atoms with Crippen LogP contribution in [-0.4, -0.2) is 18.8 Å². The van der Waals surface area contributed by atoms with E-state index in [2.05, 4.69) is 5.32 Å². The van der Waals surface area contributed by atoms with E-state index in [0.717, 1.165) is 19.4 Å². The summed E-state index contributed by atoms with van der Waals surface area (Å²) in [7, 11) is 0. The first-order valence-corrected chi connectivity index (χ1v) is 3.08. The molecule has 0 spiro atoms. The average Bonchev–Trinajstić information content (AvgIpc) is 2.17. The molecule has 0 saturated carbocycles. The Hall–Kier alpha value is -0.110. The Morgan fingerprint density at radius 3 is 2.75 bits per heavy atom. The molecule has 0 aromatic rings. The molecular formula is C6H12FN. The van der Waals surface area contributed by atoms with Crippen LogP contribution in [0.15, 0.2) is 0 Å². The Morgan fingerprint density at radius 2 is 2.50 bits per heavy atom. The van der Waals surface area contributed by atoms with Crippen molar-refractivity contribution >= 4 is 0 Å². The maximum Gasteiger partial charge on any atom is 0.107 e. The minimum Gasteiger partial charge on any atom is -0.309 e. The fraction of sp³-hybridized carbons (Fsp3) is 1.00. The van der Waals surface area contributed by atoms with Gasteiger partial charge in [-0.05, 0) is 26.3 Å². The van der Waals surface area contributed by atoms with Gasteiger partial charge in [0.2, 0.25) is 0 Å². The van der Waals surface area contributed by atoms with Gasteiger partial charge in [-0.3, -0.25) is 0 Å². The van der Waals surface area contributed by atoms with Crippen LogP contribution in [0.3, 0.4) is 0 Å². The molecule has 1 aliphatic rings. The molecule has 0 aromatic carbocycles. The molecule has 0 aromatic heterocycles. The van der Waals surface area contributed by atoms with Crippen LogP contribution in [0.4, 0.5) is 4.39 Å². The molecule has 8 heavy (non-hydrogen) atoms. The highest BCUT2D eigenvalue weighted by atomic mass is 19.1. The molecule has 1 aliphatic heterocycles. The second-order valence-electron chi connectivity index (χ2n) is 2.72. The summed E-state index contributed by atoms with van der Waals surface area (Å²) < 4.78 is 12.0. The van der Waals surface area contributed by atoms with Crippen LogP contribution < -0.4 is 5.32 Å². The zero-order chi connectivity index (χ0) is 6.04. The zero-order valence-corrected chi connectivity index (χ0v) is 5.21. The van der Waals surface area contributed by atoms with Crippen molar-refractivity contribution in [3.63, 3.8) is 0 Å². The second kappa shape index (κ2) is 2.02. The summed E-state index contributed by atoms with van der Waals surface area (Å²) in [6.07, 6.45) is 2.12. The van der Waals surface area contributed by atoms with Crippen LogP contribution in [0.1, 0.15) is 19.8 Å². The van der Waals surface area contributed by atoms with Gasteiger partial charge in [0.25, 0.3) is 0 Å².